The van der Waals surface area contributed by atoms with E-state index in [1.165, 1.54) is 11.0 Å². The van der Waals surface area contributed by atoms with Crippen molar-refractivity contribution in [1.29, 1.82) is 0 Å². The van der Waals surface area contributed by atoms with Gasteiger partial charge < -0.3 is 43.8 Å². The lowest BCUT2D eigenvalue weighted by atomic mass is 10.0. The Morgan fingerprint density at radius 2 is 1.24 bits per heavy atom. The van der Waals surface area contributed by atoms with Gasteiger partial charge in [0.2, 0.25) is 0 Å². The molecule has 4 heterocycles. The average Bonchev–Trinajstić information content (AvgIpc) is 3.90. The number of amides is 4. The number of benzene rings is 4. The van der Waals surface area contributed by atoms with Gasteiger partial charge in [-0.1, -0.05) is 61.0 Å². The number of carbonyl (C=O) groups is 2. The van der Waals surface area contributed by atoms with Crippen molar-refractivity contribution in [3.63, 3.8) is 0 Å². The van der Waals surface area contributed by atoms with E-state index in [4.69, 9.17) is 42.4 Å². The average molecular weight is 975 g/mol. The van der Waals surface area contributed by atoms with Crippen LogP contribution >= 0.6 is 23.2 Å². The van der Waals surface area contributed by atoms with Crippen LogP contribution in [0.5, 0.6) is 23.1 Å². The molecule has 0 aliphatic carbocycles. The monoisotopic (exact) mass is 973 g/mol. The van der Waals surface area contributed by atoms with E-state index in [-0.39, 0.29) is 38.5 Å². The maximum atomic E-state index is 12.7. The molecule has 2 aromatic heterocycles. The fourth-order valence-corrected chi connectivity index (χ4v) is 7.23. The second-order valence-electron chi connectivity index (χ2n) is 13.9. The van der Waals surface area contributed by atoms with Gasteiger partial charge in [-0.2, -0.15) is 26.7 Å². The number of aromatic nitrogens is 4. The summed E-state index contributed by atoms with van der Waals surface area (Å²) in [7, 11) is -2.02. The first kappa shape index (κ1) is 50.4. The molecule has 8 rings (SSSR count). The third-order valence-corrected chi connectivity index (χ3v) is 11.0. The van der Waals surface area contributed by atoms with Crippen LogP contribution in [0.3, 0.4) is 0 Å². The number of H-pyrrole nitrogens is 2. The number of aromatic amines is 2. The number of methoxy groups -OCH3 is 2. The predicted octanol–water partition coefficient (Wildman–Crippen LogP) is 8.45. The molecule has 349 valence electrons. The fourth-order valence-electron chi connectivity index (χ4n) is 6.41. The van der Waals surface area contributed by atoms with Gasteiger partial charge in [0.1, 0.15) is 17.2 Å². The van der Waals surface area contributed by atoms with Crippen LogP contribution < -0.4 is 28.9 Å². The largest absolute Gasteiger partial charge is 0.569 e. The van der Waals surface area contributed by atoms with Gasteiger partial charge in [0.05, 0.1) is 38.6 Å². The number of anilines is 2. The predicted molar refractivity (Wildman–Crippen MR) is 242 cm³/mol. The summed E-state index contributed by atoms with van der Waals surface area (Å²) in [4.78, 5) is 28.1. The third kappa shape index (κ3) is 13.0. The van der Waals surface area contributed by atoms with E-state index in [1.54, 1.807) is 73.7 Å². The molecule has 0 bridgehead atoms. The van der Waals surface area contributed by atoms with Gasteiger partial charge in [-0.3, -0.25) is 10.2 Å². The molecular weight excluding hydrogens is 931 g/mol. The SMILES string of the molecule is C.COc1cccc(-c2n[nH]c3c2CN(C(=O)Nc2cccc(Cl)c2)CC3)c1.COc1cccc(O[B]O)c1.O=C(Nc1cccc(Cl)c1)N1CCc2[nH]nc(OS(=O)(=O)C(F)(F)F)c2C1. The van der Waals surface area contributed by atoms with Crippen molar-refractivity contribution in [2.24, 2.45) is 0 Å². The first-order chi connectivity index (χ1) is 31.1. The Morgan fingerprint density at radius 1 is 0.742 bits per heavy atom. The molecule has 0 spiro atoms. The summed E-state index contributed by atoms with van der Waals surface area (Å²) in [5.74, 6) is 1.29. The number of ether oxygens (including phenoxy) is 2. The summed E-state index contributed by atoms with van der Waals surface area (Å²) in [6.07, 6.45) is 0.968. The van der Waals surface area contributed by atoms with Crippen molar-refractivity contribution >= 4 is 64.4 Å². The second kappa shape index (κ2) is 22.5. The van der Waals surface area contributed by atoms with Gasteiger partial charge >= 0.3 is 35.4 Å². The molecule has 4 aromatic carbocycles. The molecule has 1 radical (unpaired) electrons. The zero-order valence-electron chi connectivity index (χ0n) is 34.4. The van der Waals surface area contributed by atoms with E-state index < -0.39 is 27.5 Å². The van der Waals surface area contributed by atoms with E-state index in [0.717, 1.165) is 34.7 Å². The smallest absolute Gasteiger partial charge is 0.537 e. The van der Waals surface area contributed by atoms with Crippen LogP contribution in [-0.4, -0.2) is 96.2 Å². The molecule has 0 unspecified atom stereocenters. The number of hydrogen-bond acceptors (Lipinski definition) is 11. The number of nitrogens with one attached hydrogen (secondary N) is 4. The van der Waals surface area contributed by atoms with Gasteiger partial charge in [-0.15, -0.1) is 5.10 Å². The van der Waals surface area contributed by atoms with Gasteiger partial charge in [0.15, 0.2) is 0 Å². The topological polar surface area (TPSA) is 213 Å². The highest BCUT2D eigenvalue weighted by molar-refractivity contribution is 7.88. The Morgan fingerprint density at radius 3 is 1.79 bits per heavy atom. The van der Waals surface area contributed by atoms with Crippen LogP contribution in [0.25, 0.3) is 11.3 Å². The van der Waals surface area contributed by atoms with Gasteiger partial charge in [0.25, 0.3) is 5.88 Å². The number of carbonyl (C=O) groups excluding carboxylic acids is 2. The minimum atomic E-state index is -5.86. The highest BCUT2D eigenvalue weighted by atomic mass is 35.5. The summed E-state index contributed by atoms with van der Waals surface area (Å²) in [5.41, 5.74) is -0.0926. The Bertz CT molecular complexity index is 2730. The number of urea groups is 2. The van der Waals surface area contributed by atoms with Crippen LogP contribution in [-0.2, 0) is 36.0 Å². The Hall–Kier alpha value is -6.62. The van der Waals surface area contributed by atoms with Gasteiger partial charge in [0, 0.05) is 75.9 Å². The molecule has 17 nitrogen and oxygen atoms in total. The standard InChI is InChI=1S/C20H19ClN4O2.C14H12ClF3N4O4S.C7H8BO3.CH4/c1-27-16-7-2-4-13(10-16)19-17-12-25(9-8-18(17)23-24-19)20(26)22-15-6-3-5-14(21)11-15;15-8-2-1-3-9(6-8)19-13(23)22-5-4-11-10(7-22)12(21-20-11)26-27(24,25)14(16,17)18;1-10-6-3-2-4-7(5-6)11-8-9;/h2-7,10-11H,8-9,12H2,1H3,(H,22,26)(H,23,24);1-3,6H,4-5,7H2,(H,19,23)(H,20,21);2-5,9H,1H3;1H4. The number of alkyl halides is 3. The molecule has 0 fully saturated rings. The molecular formula is C42H43BCl2F3N8O9S. The highest BCUT2D eigenvalue weighted by Crippen LogP contribution is 2.33. The van der Waals surface area contributed by atoms with Crippen molar-refractivity contribution in [3.8, 4) is 34.4 Å². The molecule has 2 aliphatic heterocycles. The van der Waals surface area contributed by atoms with Crippen LogP contribution in [0.2, 0.25) is 10.0 Å². The zero-order valence-corrected chi connectivity index (χ0v) is 36.7. The lowest BCUT2D eigenvalue weighted by molar-refractivity contribution is -0.0501. The molecule has 4 amide bonds. The van der Waals surface area contributed by atoms with E-state index in [2.05, 4.69) is 35.2 Å². The van der Waals surface area contributed by atoms with Crippen molar-refractivity contribution in [2.45, 2.75) is 38.9 Å². The van der Waals surface area contributed by atoms with E-state index in [9.17, 15) is 31.2 Å². The fraction of sp³-hybridized carbons (Fsp3) is 0.238. The second-order valence-corrected chi connectivity index (χ2v) is 16.3. The van der Waals surface area contributed by atoms with E-state index in [1.807, 2.05) is 36.4 Å². The van der Waals surface area contributed by atoms with Gasteiger partial charge in [-0.05, 0) is 60.7 Å². The normalized spacial score (nSPS) is 12.8. The molecule has 0 atom stereocenters. The van der Waals surface area contributed by atoms with Crippen LogP contribution in [0.1, 0.15) is 29.9 Å². The molecule has 0 saturated carbocycles. The molecule has 6 aromatic rings. The molecule has 24 heteroatoms. The lowest BCUT2D eigenvalue weighted by Gasteiger charge is -2.27. The maximum absolute atomic E-state index is 12.7. The molecule has 66 heavy (non-hydrogen) atoms. The van der Waals surface area contributed by atoms with Crippen molar-refractivity contribution in [3.05, 3.63) is 130 Å². The summed E-state index contributed by atoms with van der Waals surface area (Å²) >= 11 is 11.8. The third-order valence-electron chi connectivity index (χ3n) is 9.60. The van der Waals surface area contributed by atoms with E-state index in [0.29, 0.717) is 59.4 Å². The van der Waals surface area contributed by atoms with Crippen molar-refractivity contribution < 1.29 is 54.5 Å². The summed E-state index contributed by atoms with van der Waals surface area (Å²) in [6.45, 7) is 1.18. The summed E-state index contributed by atoms with van der Waals surface area (Å²) in [6, 6.07) is 27.6. The summed E-state index contributed by atoms with van der Waals surface area (Å²) < 4.78 is 78.9. The Kier molecular flexibility index (Phi) is 17.2. The quantitative estimate of drug-likeness (QED) is 0.0527. The van der Waals surface area contributed by atoms with Crippen LogP contribution in [0, 0.1) is 0 Å². The number of fused-ring (bicyclic) bond motifs is 2. The van der Waals surface area contributed by atoms with Crippen LogP contribution in [0.4, 0.5) is 34.1 Å². The Balaban J connectivity index is 0.000000200. The number of hydrogen-bond donors (Lipinski definition) is 5. The molecule has 2 aliphatic rings. The van der Waals surface area contributed by atoms with Crippen LogP contribution in [0.15, 0.2) is 97.1 Å². The number of rotatable bonds is 9. The zero-order chi connectivity index (χ0) is 46.7. The summed E-state index contributed by atoms with van der Waals surface area (Å²) in [5, 5.41) is 28.3. The number of nitrogens with zero attached hydrogens (tertiary/aromatic N) is 4. The minimum Gasteiger partial charge on any atom is -0.537 e. The molecule has 0 saturated heterocycles. The minimum absolute atomic E-state index is 0. The van der Waals surface area contributed by atoms with Crippen molar-refractivity contribution in [1.82, 2.24) is 30.2 Å². The van der Waals surface area contributed by atoms with E-state index >= 15 is 0 Å². The Labute approximate surface area is 388 Å². The first-order valence-corrected chi connectivity index (χ1v) is 21.4. The van der Waals surface area contributed by atoms with Crippen molar-refractivity contribution in [2.75, 3.05) is 37.9 Å². The first-order valence-electron chi connectivity index (χ1n) is 19.2. The maximum Gasteiger partial charge on any atom is 0.569 e. The van der Waals surface area contributed by atoms with Gasteiger partial charge in [-0.25, -0.2) is 9.59 Å². The highest BCUT2D eigenvalue weighted by Gasteiger charge is 2.49. The lowest BCUT2D eigenvalue weighted by Crippen LogP contribution is -2.39. The number of halogens is 5. The molecule has 5 N–H and O–H groups in total.